The van der Waals surface area contributed by atoms with Gasteiger partial charge in [-0.2, -0.15) is 11.8 Å². The Morgan fingerprint density at radius 1 is 1.40 bits per heavy atom. The molecule has 0 spiro atoms. The average Bonchev–Trinajstić information content (AvgIpc) is 2.85. The monoisotopic (exact) mass is 293 g/mol. The molecular formula is C16H23NO2S. The highest BCUT2D eigenvalue weighted by molar-refractivity contribution is 7.99. The third-order valence-electron chi connectivity index (χ3n) is 3.85. The summed E-state index contributed by atoms with van der Waals surface area (Å²) in [6.07, 6.45) is 1.19. The molecule has 1 heterocycles. The molecular weight excluding hydrogens is 270 g/mol. The van der Waals surface area contributed by atoms with Gasteiger partial charge in [0.1, 0.15) is 0 Å². The summed E-state index contributed by atoms with van der Waals surface area (Å²) in [6.45, 7) is 4.51. The van der Waals surface area contributed by atoms with Crippen LogP contribution in [-0.4, -0.2) is 34.7 Å². The van der Waals surface area contributed by atoms with Crippen LogP contribution in [-0.2, 0) is 10.2 Å². The molecule has 20 heavy (non-hydrogen) atoms. The van der Waals surface area contributed by atoms with E-state index in [1.807, 2.05) is 18.2 Å². The molecule has 0 saturated carbocycles. The standard InChI is InChI=1S/C16H23NO2S/c1-15(2,13-6-4-3-5-7-13)10-14(18)17-11-16(19)8-9-20-12-16/h3-7,19H,8-12H2,1-2H3,(H,17,18)/t16-/m1/s1. The van der Waals surface area contributed by atoms with Crippen LogP contribution in [0.1, 0.15) is 32.3 Å². The van der Waals surface area contributed by atoms with Gasteiger partial charge in [0.25, 0.3) is 0 Å². The van der Waals surface area contributed by atoms with Gasteiger partial charge in [-0.05, 0) is 23.2 Å². The highest BCUT2D eigenvalue weighted by Gasteiger charge is 2.32. The van der Waals surface area contributed by atoms with Gasteiger partial charge < -0.3 is 10.4 Å². The predicted octanol–water partition coefficient (Wildman–Crippen LogP) is 2.34. The number of benzene rings is 1. The molecule has 0 aliphatic carbocycles. The lowest BCUT2D eigenvalue weighted by Gasteiger charge is -2.26. The van der Waals surface area contributed by atoms with Gasteiger partial charge in [0.05, 0.1) is 5.60 Å². The maximum Gasteiger partial charge on any atom is 0.220 e. The average molecular weight is 293 g/mol. The minimum Gasteiger partial charge on any atom is -0.387 e. The number of hydrogen-bond acceptors (Lipinski definition) is 3. The smallest absolute Gasteiger partial charge is 0.220 e. The summed E-state index contributed by atoms with van der Waals surface area (Å²) in [4.78, 5) is 12.1. The molecule has 0 aromatic heterocycles. The van der Waals surface area contributed by atoms with Gasteiger partial charge in [-0.25, -0.2) is 0 Å². The fourth-order valence-electron chi connectivity index (χ4n) is 2.45. The molecule has 1 aliphatic rings. The van der Waals surface area contributed by atoms with Gasteiger partial charge in [-0.1, -0.05) is 44.2 Å². The highest BCUT2D eigenvalue weighted by atomic mass is 32.2. The zero-order valence-electron chi connectivity index (χ0n) is 12.2. The van der Waals surface area contributed by atoms with Gasteiger partial charge in [0.15, 0.2) is 0 Å². The van der Waals surface area contributed by atoms with Crippen molar-refractivity contribution in [3.8, 4) is 0 Å². The first-order chi connectivity index (χ1) is 9.41. The summed E-state index contributed by atoms with van der Waals surface area (Å²) < 4.78 is 0. The maximum atomic E-state index is 12.1. The fraction of sp³-hybridized carbons (Fsp3) is 0.562. The summed E-state index contributed by atoms with van der Waals surface area (Å²) in [5.41, 5.74) is 0.251. The molecule has 1 aromatic rings. The van der Waals surface area contributed by atoms with Crippen molar-refractivity contribution in [1.82, 2.24) is 5.32 Å². The van der Waals surface area contributed by atoms with Crippen LogP contribution in [0, 0.1) is 0 Å². The van der Waals surface area contributed by atoms with Crippen molar-refractivity contribution in [2.45, 2.75) is 37.7 Å². The van der Waals surface area contributed by atoms with Crippen molar-refractivity contribution in [1.29, 1.82) is 0 Å². The lowest BCUT2D eigenvalue weighted by Crippen LogP contribution is -2.44. The SMILES string of the molecule is CC(C)(CC(=O)NC[C@]1(O)CCSC1)c1ccccc1. The number of rotatable bonds is 5. The first-order valence-electron chi connectivity index (χ1n) is 7.04. The number of aliphatic hydroxyl groups is 1. The van der Waals surface area contributed by atoms with E-state index in [-0.39, 0.29) is 11.3 Å². The Balaban J connectivity index is 1.87. The molecule has 2 rings (SSSR count). The Morgan fingerprint density at radius 2 is 2.10 bits per heavy atom. The second kappa shape index (κ2) is 6.19. The first kappa shape index (κ1) is 15.4. The van der Waals surface area contributed by atoms with Gasteiger partial charge in [-0.3, -0.25) is 4.79 Å². The number of amides is 1. The van der Waals surface area contributed by atoms with Gasteiger partial charge in [0, 0.05) is 18.7 Å². The zero-order valence-corrected chi connectivity index (χ0v) is 13.0. The maximum absolute atomic E-state index is 12.1. The van der Waals surface area contributed by atoms with E-state index in [9.17, 15) is 9.90 Å². The van der Waals surface area contributed by atoms with E-state index in [1.165, 1.54) is 0 Å². The van der Waals surface area contributed by atoms with E-state index in [1.54, 1.807) is 11.8 Å². The van der Waals surface area contributed by atoms with Gasteiger partial charge in [-0.15, -0.1) is 0 Å². The first-order valence-corrected chi connectivity index (χ1v) is 8.19. The quantitative estimate of drug-likeness (QED) is 0.876. The van der Waals surface area contributed by atoms with Crippen molar-refractivity contribution in [2.24, 2.45) is 0 Å². The second-order valence-electron chi connectivity index (χ2n) is 6.23. The molecule has 0 bridgehead atoms. The number of hydrogen-bond donors (Lipinski definition) is 2. The second-order valence-corrected chi connectivity index (χ2v) is 7.34. The zero-order chi connectivity index (χ0) is 14.6. The molecule has 1 aromatic carbocycles. The molecule has 4 heteroatoms. The van der Waals surface area contributed by atoms with Crippen LogP contribution in [0.2, 0.25) is 0 Å². The van der Waals surface area contributed by atoms with Crippen molar-refractivity contribution >= 4 is 17.7 Å². The molecule has 1 aliphatic heterocycles. The van der Waals surface area contributed by atoms with Crippen LogP contribution >= 0.6 is 11.8 Å². The Morgan fingerprint density at radius 3 is 2.70 bits per heavy atom. The minimum atomic E-state index is -0.711. The Labute approximate surface area is 125 Å². The van der Waals surface area contributed by atoms with E-state index in [0.29, 0.717) is 13.0 Å². The van der Waals surface area contributed by atoms with Crippen molar-refractivity contribution < 1.29 is 9.90 Å². The Kier molecular flexibility index (Phi) is 4.76. The number of carbonyl (C=O) groups is 1. The Bertz CT molecular complexity index is 453. The van der Waals surface area contributed by atoms with Gasteiger partial charge in [0.2, 0.25) is 5.91 Å². The summed E-state index contributed by atoms with van der Waals surface area (Å²) in [7, 11) is 0. The highest BCUT2D eigenvalue weighted by Crippen LogP contribution is 2.28. The van der Waals surface area contributed by atoms with Crippen LogP contribution in [0.25, 0.3) is 0 Å². The third kappa shape index (κ3) is 4.00. The van der Waals surface area contributed by atoms with Crippen LogP contribution in [0.5, 0.6) is 0 Å². The third-order valence-corrected chi connectivity index (χ3v) is 5.09. The molecule has 0 unspecified atom stereocenters. The lowest BCUT2D eigenvalue weighted by atomic mass is 9.81. The topological polar surface area (TPSA) is 49.3 Å². The molecule has 1 amide bonds. The number of carbonyl (C=O) groups excluding carboxylic acids is 1. The Hall–Kier alpha value is -1.00. The fourth-order valence-corrected chi connectivity index (χ4v) is 3.75. The summed E-state index contributed by atoms with van der Waals surface area (Å²) in [6, 6.07) is 10.1. The number of nitrogens with one attached hydrogen (secondary N) is 1. The summed E-state index contributed by atoms with van der Waals surface area (Å²) in [5.74, 6) is 1.70. The van der Waals surface area contributed by atoms with Gasteiger partial charge >= 0.3 is 0 Å². The van der Waals surface area contributed by atoms with Crippen LogP contribution in [0.15, 0.2) is 30.3 Å². The predicted molar refractivity (Wildman–Crippen MR) is 84.0 cm³/mol. The molecule has 0 radical (unpaired) electrons. The van der Waals surface area contributed by atoms with Crippen LogP contribution < -0.4 is 5.32 Å². The number of thioether (sulfide) groups is 1. The molecule has 110 valence electrons. The van der Waals surface area contributed by atoms with E-state index < -0.39 is 5.60 Å². The summed E-state index contributed by atoms with van der Waals surface area (Å²) in [5, 5.41) is 13.1. The van der Waals surface area contributed by atoms with Crippen molar-refractivity contribution in [2.75, 3.05) is 18.1 Å². The van der Waals surface area contributed by atoms with E-state index in [0.717, 1.165) is 23.5 Å². The van der Waals surface area contributed by atoms with Crippen LogP contribution in [0.3, 0.4) is 0 Å². The minimum absolute atomic E-state index is 0.00387. The molecule has 1 fully saturated rings. The van der Waals surface area contributed by atoms with Crippen molar-refractivity contribution in [3.05, 3.63) is 35.9 Å². The van der Waals surface area contributed by atoms with E-state index >= 15 is 0 Å². The summed E-state index contributed by atoms with van der Waals surface area (Å²) >= 11 is 1.74. The van der Waals surface area contributed by atoms with Crippen molar-refractivity contribution in [3.63, 3.8) is 0 Å². The van der Waals surface area contributed by atoms with Crippen LogP contribution in [0.4, 0.5) is 0 Å². The molecule has 2 N–H and O–H groups in total. The van der Waals surface area contributed by atoms with E-state index in [4.69, 9.17) is 0 Å². The van der Waals surface area contributed by atoms with E-state index in [2.05, 4.69) is 31.3 Å². The lowest BCUT2D eigenvalue weighted by molar-refractivity contribution is -0.123. The normalized spacial score (nSPS) is 22.8. The molecule has 1 saturated heterocycles. The molecule has 3 nitrogen and oxygen atoms in total. The largest absolute Gasteiger partial charge is 0.387 e. The molecule has 1 atom stereocenters.